The average molecular weight is 287 g/mol. The second-order valence-corrected chi connectivity index (χ2v) is 4.55. The van der Waals surface area contributed by atoms with Crippen LogP contribution in [0, 0.1) is 17.0 Å². The smallest absolute Gasteiger partial charge is 0.276 e. The van der Waals surface area contributed by atoms with Crippen molar-refractivity contribution < 1.29 is 4.92 Å². The first-order valence-electron chi connectivity index (χ1n) is 6.52. The van der Waals surface area contributed by atoms with Crippen LogP contribution in [-0.4, -0.2) is 16.5 Å². The first kappa shape index (κ1) is 14.7. The maximum atomic E-state index is 11.0. The van der Waals surface area contributed by atoms with Crippen LogP contribution in [-0.2, 0) is 0 Å². The third-order valence-electron chi connectivity index (χ3n) is 3.06. The lowest BCUT2D eigenvalue weighted by atomic mass is 10.2. The van der Waals surface area contributed by atoms with E-state index < -0.39 is 4.92 Å². The number of nitrogens with one attached hydrogen (secondary N) is 1. The number of pyridine rings is 1. The lowest BCUT2D eigenvalue weighted by molar-refractivity contribution is -0.384. The number of benzene rings is 1. The molecular formula is C14H17N5O2. The number of aromatic nitrogens is 1. The molecule has 110 valence electrons. The molecule has 0 aliphatic carbocycles. The van der Waals surface area contributed by atoms with Gasteiger partial charge in [-0.3, -0.25) is 10.1 Å². The highest BCUT2D eigenvalue weighted by Gasteiger charge is 2.16. The Morgan fingerprint density at radius 3 is 2.71 bits per heavy atom. The SMILES string of the molecule is CCN(c1cccc(C)c1)c1cc([N+](=O)[O-])cc(NN)n1. The van der Waals surface area contributed by atoms with Crippen LogP contribution in [0.5, 0.6) is 0 Å². The molecule has 0 radical (unpaired) electrons. The molecule has 1 aromatic carbocycles. The molecule has 2 rings (SSSR count). The van der Waals surface area contributed by atoms with Gasteiger partial charge in [-0.1, -0.05) is 12.1 Å². The highest BCUT2D eigenvalue weighted by molar-refractivity contribution is 5.65. The number of hydrazine groups is 1. The van der Waals surface area contributed by atoms with Gasteiger partial charge in [-0.25, -0.2) is 10.8 Å². The van der Waals surface area contributed by atoms with Gasteiger partial charge in [0.05, 0.1) is 17.1 Å². The first-order valence-corrected chi connectivity index (χ1v) is 6.52. The standard InChI is InChI=1S/C14H17N5O2/c1-3-18(11-6-4-5-10(2)7-11)14-9-12(19(20)21)8-13(16-14)17-15/h4-9H,3,15H2,1-2H3,(H,16,17). The molecule has 3 N–H and O–H groups in total. The van der Waals surface area contributed by atoms with Crippen molar-refractivity contribution in [3.63, 3.8) is 0 Å². The van der Waals surface area contributed by atoms with Crippen molar-refractivity contribution in [3.05, 3.63) is 52.1 Å². The molecule has 1 heterocycles. The Morgan fingerprint density at radius 1 is 1.38 bits per heavy atom. The van der Waals surface area contributed by atoms with E-state index in [9.17, 15) is 10.1 Å². The highest BCUT2D eigenvalue weighted by atomic mass is 16.6. The maximum absolute atomic E-state index is 11.0. The lowest BCUT2D eigenvalue weighted by Gasteiger charge is -2.22. The van der Waals surface area contributed by atoms with Gasteiger partial charge < -0.3 is 10.3 Å². The molecule has 21 heavy (non-hydrogen) atoms. The fourth-order valence-electron chi connectivity index (χ4n) is 2.09. The van der Waals surface area contributed by atoms with Gasteiger partial charge >= 0.3 is 0 Å². The number of anilines is 3. The minimum Gasteiger partial charge on any atom is -0.326 e. The fourth-order valence-corrected chi connectivity index (χ4v) is 2.09. The van der Waals surface area contributed by atoms with Crippen molar-refractivity contribution in [2.24, 2.45) is 5.84 Å². The Hall–Kier alpha value is -2.67. The predicted octanol–water partition coefficient (Wildman–Crippen LogP) is 2.74. The minimum absolute atomic E-state index is 0.0564. The van der Waals surface area contributed by atoms with Crippen LogP contribution in [0.3, 0.4) is 0 Å². The van der Waals surface area contributed by atoms with Gasteiger partial charge in [0.1, 0.15) is 11.6 Å². The molecule has 0 aliphatic rings. The van der Waals surface area contributed by atoms with Crippen LogP contribution in [0.4, 0.5) is 23.0 Å². The van der Waals surface area contributed by atoms with E-state index in [1.165, 1.54) is 12.1 Å². The number of nitrogens with two attached hydrogens (primary N) is 1. The second-order valence-electron chi connectivity index (χ2n) is 4.55. The summed E-state index contributed by atoms with van der Waals surface area (Å²) in [5, 5.41) is 11.0. The Balaban J connectivity index is 2.51. The number of nitrogen functional groups attached to an aromatic ring is 1. The number of nitrogens with zero attached hydrogens (tertiary/aromatic N) is 3. The Labute approximate surface area is 122 Å². The minimum atomic E-state index is -0.462. The third kappa shape index (κ3) is 3.26. The molecule has 2 aromatic rings. The van der Waals surface area contributed by atoms with E-state index in [0.717, 1.165) is 11.3 Å². The quantitative estimate of drug-likeness (QED) is 0.498. The zero-order chi connectivity index (χ0) is 15.4. The average Bonchev–Trinajstić information content (AvgIpc) is 2.47. The van der Waals surface area contributed by atoms with E-state index in [1.807, 2.05) is 43.0 Å². The van der Waals surface area contributed by atoms with Crippen LogP contribution in [0.25, 0.3) is 0 Å². The first-order chi connectivity index (χ1) is 10.0. The van der Waals surface area contributed by atoms with E-state index in [0.29, 0.717) is 12.4 Å². The van der Waals surface area contributed by atoms with Gasteiger partial charge in [0.2, 0.25) is 0 Å². The van der Waals surface area contributed by atoms with Crippen LogP contribution in [0.1, 0.15) is 12.5 Å². The molecule has 0 bridgehead atoms. The normalized spacial score (nSPS) is 10.2. The molecule has 7 nitrogen and oxygen atoms in total. The van der Waals surface area contributed by atoms with Gasteiger partial charge in [0.15, 0.2) is 0 Å². The molecule has 0 spiro atoms. The molecular weight excluding hydrogens is 270 g/mol. The Kier molecular flexibility index (Phi) is 4.34. The van der Waals surface area contributed by atoms with Gasteiger partial charge in [-0.15, -0.1) is 0 Å². The molecule has 7 heteroatoms. The van der Waals surface area contributed by atoms with Crippen LogP contribution in [0.2, 0.25) is 0 Å². The molecule has 1 aromatic heterocycles. The second kappa shape index (κ2) is 6.19. The topological polar surface area (TPSA) is 97.3 Å². The summed E-state index contributed by atoms with van der Waals surface area (Å²) in [6.07, 6.45) is 0. The monoisotopic (exact) mass is 287 g/mol. The number of rotatable bonds is 5. The molecule has 0 saturated heterocycles. The number of nitro groups is 1. The number of hydrogen-bond donors (Lipinski definition) is 2. The molecule has 0 saturated carbocycles. The van der Waals surface area contributed by atoms with Gasteiger partial charge in [0.25, 0.3) is 5.69 Å². The summed E-state index contributed by atoms with van der Waals surface area (Å²) in [5.41, 5.74) is 4.34. The van der Waals surface area contributed by atoms with Crippen LogP contribution >= 0.6 is 0 Å². The van der Waals surface area contributed by atoms with E-state index in [1.54, 1.807) is 0 Å². The van der Waals surface area contributed by atoms with Crippen molar-refractivity contribution in [3.8, 4) is 0 Å². The summed E-state index contributed by atoms with van der Waals surface area (Å²) >= 11 is 0. The molecule has 0 fully saturated rings. The van der Waals surface area contributed by atoms with E-state index in [2.05, 4.69) is 10.4 Å². The lowest BCUT2D eigenvalue weighted by Crippen LogP contribution is -2.19. The zero-order valence-electron chi connectivity index (χ0n) is 11.9. The molecule has 0 atom stereocenters. The van der Waals surface area contributed by atoms with Gasteiger partial charge in [0, 0.05) is 12.2 Å². The van der Waals surface area contributed by atoms with Gasteiger partial charge in [-0.2, -0.15) is 0 Å². The van der Waals surface area contributed by atoms with Gasteiger partial charge in [-0.05, 0) is 31.5 Å². The van der Waals surface area contributed by atoms with E-state index in [4.69, 9.17) is 5.84 Å². The third-order valence-corrected chi connectivity index (χ3v) is 3.06. The van der Waals surface area contributed by atoms with Crippen molar-refractivity contribution in [1.29, 1.82) is 0 Å². The van der Waals surface area contributed by atoms with E-state index in [-0.39, 0.29) is 11.5 Å². The van der Waals surface area contributed by atoms with Crippen molar-refractivity contribution in [2.45, 2.75) is 13.8 Å². The molecule has 0 aliphatic heterocycles. The highest BCUT2D eigenvalue weighted by Crippen LogP contribution is 2.28. The summed E-state index contributed by atoms with van der Waals surface area (Å²) < 4.78 is 0. The summed E-state index contributed by atoms with van der Waals surface area (Å²) in [6, 6.07) is 10.6. The van der Waals surface area contributed by atoms with Crippen LogP contribution < -0.4 is 16.2 Å². The largest absolute Gasteiger partial charge is 0.326 e. The summed E-state index contributed by atoms with van der Waals surface area (Å²) in [6.45, 7) is 4.57. The summed E-state index contributed by atoms with van der Waals surface area (Å²) in [5.74, 6) is 6.07. The van der Waals surface area contributed by atoms with E-state index >= 15 is 0 Å². The van der Waals surface area contributed by atoms with Crippen molar-refractivity contribution >= 4 is 23.0 Å². The van der Waals surface area contributed by atoms with Crippen molar-refractivity contribution in [1.82, 2.24) is 4.98 Å². The molecule has 0 amide bonds. The van der Waals surface area contributed by atoms with Crippen LogP contribution in [0.15, 0.2) is 36.4 Å². The Bertz CT molecular complexity index is 660. The predicted molar refractivity (Wildman–Crippen MR) is 82.6 cm³/mol. The summed E-state index contributed by atoms with van der Waals surface area (Å²) in [4.78, 5) is 16.7. The molecule has 0 unspecified atom stereocenters. The summed E-state index contributed by atoms with van der Waals surface area (Å²) in [7, 11) is 0. The fraction of sp³-hybridized carbons (Fsp3) is 0.214. The number of hydrogen-bond acceptors (Lipinski definition) is 6. The van der Waals surface area contributed by atoms with Crippen molar-refractivity contribution in [2.75, 3.05) is 16.9 Å². The number of aryl methyl sites for hydroxylation is 1. The maximum Gasteiger partial charge on any atom is 0.276 e. The Morgan fingerprint density at radius 2 is 2.14 bits per heavy atom. The zero-order valence-corrected chi connectivity index (χ0v) is 11.9.